The highest BCUT2D eigenvalue weighted by Crippen LogP contribution is 2.22. The Balaban J connectivity index is 1.50. The molecule has 0 atom stereocenters. The SMILES string of the molecule is Clc1ccc2nc(N3CCN(c4ccccn4)CC3)[nH]c2c1. The molecule has 22 heavy (non-hydrogen) atoms. The van der Waals surface area contributed by atoms with Gasteiger partial charge in [-0.1, -0.05) is 17.7 Å². The second kappa shape index (κ2) is 5.50. The number of piperazine rings is 1. The molecule has 2 aromatic heterocycles. The lowest BCUT2D eigenvalue weighted by Gasteiger charge is -2.35. The normalized spacial score (nSPS) is 15.5. The van der Waals surface area contributed by atoms with Crippen LogP contribution in [0.1, 0.15) is 0 Å². The molecule has 1 aliphatic rings. The molecular formula is C16H16ClN5. The van der Waals surface area contributed by atoms with Crippen molar-refractivity contribution in [3.63, 3.8) is 0 Å². The van der Waals surface area contributed by atoms with Crippen molar-refractivity contribution in [3.05, 3.63) is 47.6 Å². The third-order valence-electron chi connectivity index (χ3n) is 3.98. The number of hydrogen-bond acceptors (Lipinski definition) is 4. The molecule has 1 aliphatic heterocycles. The van der Waals surface area contributed by atoms with Crippen molar-refractivity contribution in [1.29, 1.82) is 0 Å². The standard InChI is InChI=1S/C16H16ClN5/c17-12-4-5-13-14(11-12)20-16(19-13)22-9-7-21(8-10-22)15-3-1-2-6-18-15/h1-6,11H,7-10H2,(H,19,20). The maximum Gasteiger partial charge on any atom is 0.203 e. The summed E-state index contributed by atoms with van der Waals surface area (Å²) in [5, 5.41) is 0.725. The Labute approximate surface area is 133 Å². The van der Waals surface area contributed by atoms with Crippen LogP contribution in [-0.2, 0) is 0 Å². The lowest BCUT2D eigenvalue weighted by Crippen LogP contribution is -2.47. The van der Waals surface area contributed by atoms with E-state index in [1.165, 1.54) is 0 Å². The summed E-state index contributed by atoms with van der Waals surface area (Å²) in [6.07, 6.45) is 1.84. The van der Waals surface area contributed by atoms with Crippen molar-refractivity contribution in [3.8, 4) is 0 Å². The summed E-state index contributed by atoms with van der Waals surface area (Å²) in [6, 6.07) is 11.8. The van der Waals surface area contributed by atoms with Gasteiger partial charge in [0.25, 0.3) is 0 Å². The number of pyridine rings is 1. The molecule has 0 amide bonds. The molecule has 0 unspecified atom stereocenters. The number of aromatic nitrogens is 3. The number of H-pyrrole nitrogens is 1. The first-order chi connectivity index (χ1) is 10.8. The second-order valence-corrected chi connectivity index (χ2v) is 5.82. The predicted octanol–water partition coefficient (Wildman–Crippen LogP) is 2.94. The summed E-state index contributed by atoms with van der Waals surface area (Å²) in [5.74, 6) is 1.96. The molecule has 1 aromatic carbocycles. The number of aromatic amines is 1. The average molecular weight is 314 g/mol. The fraction of sp³-hybridized carbons (Fsp3) is 0.250. The lowest BCUT2D eigenvalue weighted by molar-refractivity contribution is 0.638. The summed E-state index contributed by atoms with van der Waals surface area (Å²) in [6.45, 7) is 3.72. The average Bonchev–Trinajstić information content (AvgIpc) is 2.99. The van der Waals surface area contributed by atoms with E-state index in [4.69, 9.17) is 11.6 Å². The van der Waals surface area contributed by atoms with Gasteiger partial charge in [-0.3, -0.25) is 0 Å². The van der Waals surface area contributed by atoms with Crippen LogP contribution in [0, 0.1) is 0 Å². The van der Waals surface area contributed by atoms with Gasteiger partial charge < -0.3 is 14.8 Å². The van der Waals surface area contributed by atoms with E-state index in [0.29, 0.717) is 0 Å². The monoisotopic (exact) mass is 313 g/mol. The van der Waals surface area contributed by atoms with E-state index in [-0.39, 0.29) is 0 Å². The van der Waals surface area contributed by atoms with Gasteiger partial charge in [-0.15, -0.1) is 0 Å². The van der Waals surface area contributed by atoms with Crippen molar-refractivity contribution >= 4 is 34.4 Å². The molecular weight excluding hydrogens is 298 g/mol. The van der Waals surface area contributed by atoms with Gasteiger partial charge in [0, 0.05) is 37.4 Å². The van der Waals surface area contributed by atoms with E-state index < -0.39 is 0 Å². The van der Waals surface area contributed by atoms with Gasteiger partial charge in [0.1, 0.15) is 5.82 Å². The summed E-state index contributed by atoms with van der Waals surface area (Å²) in [7, 11) is 0. The van der Waals surface area contributed by atoms with Gasteiger partial charge >= 0.3 is 0 Å². The van der Waals surface area contributed by atoms with Gasteiger partial charge in [-0.2, -0.15) is 0 Å². The van der Waals surface area contributed by atoms with E-state index in [1.54, 1.807) is 0 Å². The highest BCUT2D eigenvalue weighted by molar-refractivity contribution is 6.31. The van der Waals surface area contributed by atoms with Gasteiger partial charge in [-0.05, 0) is 30.3 Å². The third kappa shape index (κ3) is 2.48. The lowest BCUT2D eigenvalue weighted by atomic mass is 10.3. The quantitative estimate of drug-likeness (QED) is 0.790. The van der Waals surface area contributed by atoms with Gasteiger partial charge in [0.15, 0.2) is 0 Å². The van der Waals surface area contributed by atoms with Crippen molar-refractivity contribution in [2.45, 2.75) is 0 Å². The zero-order chi connectivity index (χ0) is 14.9. The number of anilines is 2. The molecule has 0 spiro atoms. The smallest absolute Gasteiger partial charge is 0.203 e. The first-order valence-electron chi connectivity index (χ1n) is 7.36. The van der Waals surface area contributed by atoms with Crippen LogP contribution < -0.4 is 9.80 Å². The largest absolute Gasteiger partial charge is 0.353 e. The van der Waals surface area contributed by atoms with Crippen molar-refractivity contribution in [2.75, 3.05) is 36.0 Å². The van der Waals surface area contributed by atoms with Gasteiger partial charge in [0.2, 0.25) is 5.95 Å². The zero-order valence-electron chi connectivity index (χ0n) is 12.0. The van der Waals surface area contributed by atoms with Crippen LogP contribution in [0.15, 0.2) is 42.6 Å². The fourth-order valence-electron chi connectivity index (χ4n) is 2.81. The van der Waals surface area contributed by atoms with Crippen LogP contribution >= 0.6 is 11.6 Å². The molecule has 0 bridgehead atoms. The summed E-state index contributed by atoms with van der Waals surface area (Å²) < 4.78 is 0. The Morgan fingerprint density at radius 1 is 1.00 bits per heavy atom. The van der Waals surface area contributed by atoms with Crippen molar-refractivity contribution < 1.29 is 0 Å². The maximum absolute atomic E-state index is 6.03. The number of rotatable bonds is 2. The molecule has 112 valence electrons. The molecule has 1 saturated heterocycles. The molecule has 0 aliphatic carbocycles. The Morgan fingerprint density at radius 3 is 2.59 bits per heavy atom. The number of hydrogen-bond donors (Lipinski definition) is 1. The molecule has 1 fully saturated rings. The van der Waals surface area contributed by atoms with Crippen LogP contribution in [0.4, 0.5) is 11.8 Å². The number of fused-ring (bicyclic) bond motifs is 1. The number of nitrogens with one attached hydrogen (secondary N) is 1. The minimum absolute atomic E-state index is 0.725. The Bertz CT molecular complexity index is 778. The molecule has 3 aromatic rings. The Kier molecular flexibility index (Phi) is 3.35. The van der Waals surface area contributed by atoms with Crippen LogP contribution in [-0.4, -0.2) is 41.1 Å². The molecule has 0 saturated carbocycles. The fourth-order valence-corrected chi connectivity index (χ4v) is 2.98. The molecule has 3 heterocycles. The second-order valence-electron chi connectivity index (χ2n) is 5.38. The van der Waals surface area contributed by atoms with Crippen molar-refractivity contribution in [2.24, 2.45) is 0 Å². The maximum atomic E-state index is 6.03. The summed E-state index contributed by atoms with van der Waals surface area (Å²) >= 11 is 6.03. The van der Waals surface area contributed by atoms with Gasteiger partial charge in [0.05, 0.1) is 11.0 Å². The summed E-state index contributed by atoms with van der Waals surface area (Å²) in [5.41, 5.74) is 1.93. The van der Waals surface area contributed by atoms with E-state index in [9.17, 15) is 0 Å². The summed E-state index contributed by atoms with van der Waals surface area (Å²) in [4.78, 5) is 17.0. The topological polar surface area (TPSA) is 48.1 Å². The predicted molar refractivity (Wildman–Crippen MR) is 89.8 cm³/mol. The van der Waals surface area contributed by atoms with E-state index >= 15 is 0 Å². The van der Waals surface area contributed by atoms with Crippen LogP contribution in [0.2, 0.25) is 5.02 Å². The molecule has 4 rings (SSSR count). The molecule has 1 N–H and O–H groups in total. The molecule has 6 heteroatoms. The van der Waals surface area contributed by atoms with Crippen molar-refractivity contribution in [1.82, 2.24) is 15.0 Å². The third-order valence-corrected chi connectivity index (χ3v) is 4.22. The van der Waals surface area contributed by atoms with Gasteiger partial charge in [-0.25, -0.2) is 9.97 Å². The van der Waals surface area contributed by atoms with E-state index in [2.05, 4.69) is 30.8 Å². The number of imidazole rings is 1. The Morgan fingerprint density at radius 2 is 1.82 bits per heavy atom. The minimum Gasteiger partial charge on any atom is -0.353 e. The number of halogens is 1. The molecule has 0 radical (unpaired) electrons. The zero-order valence-corrected chi connectivity index (χ0v) is 12.8. The minimum atomic E-state index is 0.725. The van der Waals surface area contributed by atoms with E-state index in [0.717, 1.165) is 54.0 Å². The number of benzene rings is 1. The highest BCUT2D eigenvalue weighted by Gasteiger charge is 2.20. The molecule has 5 nitrogen and oxygen atoms in total. The van der Waals surface area contributed by atoms with E-state index in [1.807, 2.05) is 36.5 Å². The number of nitrogens with zero attached hydrogens (tertiary/aromatic N) is 4. The van der Waals surface area contributed by atoms with Crippen LogP contribution in [0.3, 0.4) is 0 Å². The van der Waals surface area contributed by atoms with Crippen LogP contribution in [0.5, 0.6) is 0 Å². The highest BCUT2D eigenvalue weighted by atomic mass is 35.5. The Hall–Kier alpha value is -2.27. The first-order valence-corrected chi connectivity index (χ1v) is 7.73. The van der Waals surface area contributed by atoms with Crippen LogP contribution in [0.25, 0.3) is 11.0 Å². The first kappa shape index (κ1) is 13.4.